The maximum absolute atomic E-state index is 13.6. The molecular formula is C15H15Cl2F3N2S. The number of hydrogen-bond donors (Lipinski definition) is 1. The van der Waals surface area contributed by atoms with Crippen molar-refractivity contribution in [2.24, 2.45) is 0 Å². The highest BCUT2D eigenvalue weighted by atomic mass is 35.5. The molecule has 1 saturated heterocycles. The molecule has 8 heteroatoms. The van der Waals surface area contributed by atoms with E-state index in [1.165, 1.54) is 11.3 Å². The third-order valence-electron chi connectivity index (χ3n) is 3.70. The van der Waals surface area contributed by atoms with Crippen molar-refractivity contribution in [3.63, 3.8) is 0 Å². The molecular weight excluding hydrogens is 368 g/mol. The molecule has 0 bridgehead atoms. The van der Waals surface area contributed by atoms with E-state index < -0.39 is 17.5 Å². The van der Waals surface area contributed by atoms with Crippen LogP contribution in [0.4, 0.5) is 13.2 Å². The molecule has 3 rings (SSSR count). The Balaban J connectivity index is 0.00000192. The summed E-state index contributed by atoms with van der Waals surface area (Å²) in [6.45, 7) is 3.06. The molecule has 1 aromatic heterocycles. The monoisotopic (exact) mass is 382 g/mol. The van der Waals surface area contributed by atoms with Crippen molar-refractivity contribution in [2.75, 3.05) is 26.2 Å². The molecule has 23 heavy (non-hydrogen) atoms. The Labute approximate surface area is 147 Å². The lowest BCUT2D eigenvalue weighted by Gasteiger charge is -2.34. The van der Waals surface area contributed by atoms with Crippen LogP contribution in [0.2, 0.25) is 4.34 Å². The molecule has 1 aromatic carbocycles. The predicted octanol–water partition coefficient (Wildman–Crippen LogP) is 4.24. The van der Waals surface area contributed by atoms with Crippen molar-refractivity contribution in [3.8, 4) is 0 Å². The molecule has 2 aromatic rings. The summed E-state index contributed by atoms with van der Waals surface area (Å²) >= 11 is 7.36. The van der Waals surface area contributed by atoms with Gasteiger partial charge < -0.3 is 5.32 Å². The molecule has 0 saturated carbocycles. The maximum Gasteiger partial charge on any atom is 0.194 e. The average molecular weight is 383 g/mol. The van der Waals surface area contributed by atoms with Gasteiger partial charge in [0.2, 0.25) is 0 Å². The summed E-state index contributed by atoms with van der Waals surface area (Å²) < 4.78 is 41.1. The highest BCUT2D eigenvalue weighted by Gasteiger charge is 2.27. The molecule has 1 atom stereocenters. The van der Waals surface area contributed by atoms with Gasteiger partial charge in [-0.15, -0.1) is 23.7 Å². The molecule has 0 radical (unpaired) electrons. The van der Waals surface area contributed by atoms with Gasteiger partial charge in [0, 0.05) is 31.1 Å². The molecule has 1 fully saturated rings. The van der Waals surface area contributed by atoms with Gasteiger partial charge in [0.15, 0.2) is 17.5 Å². The molecule has 1 aliphatic rings. The highest BCUT2D eigenvalue weighted by molar-refractivity contribution is 7.16. The van der Waals surface area contributed by atoms with Crippen LogP contribution in [0.15, 0.2) is 24.3 Å². The number of nitrogens with zero attached hydrogens (tertiary/aromatic N) is 1. The number of halogens is 5. The van der Waals surface area contributed by atoms with E-state index in [0.717, 1.165) is 43.2 Å². The minimum Gasteiger partial charge on any atom is -0.314 e. The van der Waals surface area contributed by atoms with E-state index in [1.54, 1.807) is 6.07 Å². The van der Waals surface area contributed by atoms with Crippen molar-refractivity contribution >= 4 is 35.3 Å². The molecule has 1 N–H and O–H groups in total. The van der Waals surface area contributed by atoms with Crippen LogP contribution >= 0.6 is 35.3 Å². The first-order valence-corrected chi connectivity index (χ1v) is 8.10. The topological polar surface area (TPSA) is 15.3 Å². The molecule has 0 unspecified atom stereocenters. The fraction of sp³-hybridized carbons (Fsp3) is 0.333. The largest absolute Gasteiger partial charge is 0.314 e. The van der Waals surface area contributed by atoms with Gasteiger partial charge in [-0.2, -0.15) is 0 Å². The Hall–Kier alpha value is -0.790. The molecule has 1 aliphatic heterocycles. The lowest BCUT2D eigenvalue weighted by molar-refractivity contribution is 0.200. The third kappa shape index (κ3) is 4.00. The highest BCUT2D eigenvalue weighted by Crippen LogP contribution is 2.36. The second kappa shape index (κ2) is 7.85. The molecule has 126 valence electrons. The lowest BCUT2D eigenvalue weighted by Crippen LogP contribution is -2.45. The van der Waals surface area contributed by atoms with Gasteiger partial charge in [-0.1, -0.05) is 11.6 Å². The van der Waals surface area contributed by atoms with E-state index >= 15 is 0 Å². The number of thiophene rings is 1. The molecule has 2 nitrogen and oxygen atoms in total. The van der Waals surface area contributed by atoms with Crippen LogP contribution in [0.1, 0.15) is 16.5 Å². The van der Waals surface area contributed by atoms with Crippen LogP contribution < -0.4 is 5.32 Å². The van der Waals surface area contributed by atoms with E-state index in [-0.39, 0.29) is 18.4 Å². The minimum atomic E-state index is -1.44. The summed E-state index contributed by atoms with van der Waals surface area (Å²) in [5.74, 6) is -3.78. The minimum absolute atomic E-state index is 0. The van der Waals surface area contributed by atoms with Crippen molar-refractivity contribution in [3.05, 3.63) is 56.5 Å². The van der Waals surface area contributed by atoms with Gasteiger partial charge >= 0.3 is 0 Å². The van der Waals surface area contributed by atoms with Gasteiger partial charge in [-0.3, -0.25) is 4.90 Å². The first kappa shape index (κ1) is 18.5. The Morgan fingerprint density at radius 1 is 1.09 bits per heavy atom. The molecule has 0 spiro atoms. The summed E-state index contributed by atoms with van der Waals surface area (Å²) in [6, 6.07) is 5.41. The van der Waals surface area contributed by atoms with Gasteiger partial charge in [-0.25, -0.2) is 13.2 Å². The Kier molecular flexibility index (Phi) is 6.33. The van der Waals surface area contributed by atoms with E-state index in [1.807, 2.05) is 6.07 Å². The van der Waals surface area contributed by atoms with Gasteiger partial charge in [0.05, 0.1) is 10.4 Å². The summed E-state index contributed by atoms with van der Waals surface area (Å²) in [4.78, 5) is 3.00. The second-order valence-corrected chi connectivity index (χ2v) is 6.88. The first-order valence-electron chi connectivity index (χ1n) is 6.90. The fourth-order valence-corrected chi connectivity index (χ4v) is 3.93. The van der Waals surface area contributed by atoms with E-state index in [4.69, 9.17) is 11.6 Å². The Morgan fingerprint density at radius 2 is 1.70 bits per heavy atom. The number of nitrogens with one attached hydrogen (secondary N) is 1. The van der Waals surface area contributed by atoms with Gasteiger partial charge in [0.1, 0.15) is 0 Å². The zero-order chi connectivity index (χ0) is 15.7. The van der Waals surface area contributed by atoms with E-state index in [2.05, 4.69) is 10.2 Å². The van der Waals surface area contributed by atoms with E-state index in [9.17, 15) is 13.2 Å². The van der Waals surface area contributed by atoms with Crippen LogP contribution in [0, 0.1) is 17.5 Å². The summed E-state index contributed by atoms with van der Waals surface area (Å²) in [7, 11) is 0. The average Bonchev–Trinajstić information content (AvgIpc) is 2.92. The zero-order valence-electron chi connectivity index (χ0n) is 12.0. The van der Waals surface area contributed by atoms with Gasteiger partial charge in [0.25, 0.3) is 0 Å². The summed E-state index contributed by atoms with van der Waals surface area (Å²) in [5, 5.41) is 3.24. The summed E-state index contributed by atoms with van der Waals surface area (Å²) in [6.07, 6.45) is 0. The first-order chi connectivity index (χ1) is 10.6. The standard InChI is InChI=1S/C15H14ClF3N2S.ClH/c16-13-2-1-12(22-13)15(21-5-3-20-4-6-21)9-7-10(17)14(19)11(18)8-9;/h1-2,7-8,15,20H,3-6H2;1H/t15-;/m1./s1. The number of rotatable bonds is 3. The van der Waals surface area contributed by atoms with Crippen molar-refractivity contribution in [2.45, 2.75) is 6.04 Å². The van der Waals surface area contributed by atoms with Crippen LogP contribution in [0.5, 0.6) is 0 Å². The summed E-state index contributed by atoms with van der Waals surface area (Å²) in [5.41, 5.74) is 0.400. The Morgan fingerprint density at radius 3 is 2.22 bits per heavy atom. The van der Waals surface area contributed by atoms with Gasteiger partial charge in [-0.05, 0) is 29.8 Å². The molecule has 0 amide bonds. The fourth-order valence-electron chi connectivity index (χ4n) is 2.70. The van der Waals surface area contributed by atoms with Crippen LogP contribution in [-0.4, -0.2) is 31.1 Å². The molecule has 2 heterocycles. The maximum atomic E-state index is 13.6. The number of benzene rings is 1. The quantitative estimate of drug-likeness (QED) is 0.798. The number of piperazine rings is 1. The van der Waals surface area contributed by atoms with Crippen LogP contribution in [0.25, 0.3) is 0 Å². The predicted molar refractivity (Wildman–Crippen MR) is 89.2 cm³/mol. The lowest BCUT2D eigenvalue weighted by atomic mass is 10.0. The van der Waals surface area contributed by atoms with Crippen molar-refractivity contribution in [1.82, 2.24) is 10.2 Å². The smallest absolute Gasteiger partial charge is 0.194 e. The van der Waals surface area contributed by atoms with E-state index in [0.29, 0.717) is 9.90 Å². The molecule has 0 aliphatic carbocycles. The van der Waals surface area contributed by atoms with Crippen molar-refractivity contribution < 1.29 is 13.2 Å². The second-order valence-electron chi connectivity index (χ2n) is 5.13. The van der Waals surface area contributed by atoms with Crippen LogP contribution in [0.3, 0.4) is 0 Å². The Bertz CT molecular complexity index is 651. The zero-order valence-corrected chi connectivity index (χ0v) is 14.4. The van der Waals surface area contributed by atoms with Crippen LogP contribution in [-0.2, 0) is 0 Å². The van der Waals surface area contributed by atoms with Crippen molar-refractivity contribution in [1.29, 1.82) is 0 Å². The number of hydrogen-bond acceptors (Lipinski definition) is 3. The third-order valence-corrected chi connectivity index (χ3v) is 4.99. The normalized spacial score (nSPS) is 16.9. The SMILES string of the molecule is Cl.Fc1cc([C@H](c2ccc(Cl)s2)N2CCNCC2)cc(F)c1F.